The first-order chi connectivity index (χ1) is 12.7. The van der Waals surface area contributed by atoms with Crippen LogP contribution in [-0.2, 0) is 24.3 Å². The van der Waals surface area contributed by atoms with Gasteiger partial charge in [-0.05, 0) is 45.8 Å². The van der Waals surface area contributed by atoms with Crippen molar-refractivity contribution in [3.05, 3.63) is 0 Å². The maximum Gasteiger partial charge on any atom is 0.418 e. The van der Waals surface area contributed by atoms with Crippen LogP contribution < -0.4 is 10.9 Å². The van der Waals surface area contributed by atoms with E-state index in [0.717, 1.165) is 18.0 Å². The fraction of sp³-hybridized carbons (Fsp3) is 0.786. The van der Waals surface area contributed by atoms with E-state index >= 15 is 0 Å². The SMILES string of the molecule is CN1CCC(C(=O)NNC(=O)[C@H]2CC[C@H]3CN2C(=O)N3OS(=O)(=O)O)CC1. The molecule has 2 bridgehead atoms. The highest BCUT2D eigenvalue weighted by atomic mass is 32.3. The average molecular weight is 405 g/mol. The van der Waals surface area contributed by atoms with Gasteiger partial charge in [-0.1, -0.05) is 0 Å². The van der Waals surface area contributed by atoms with Crippen molar-refractivity contribution in [2.24, 2.45) is 5.92 Å². The van der Waals surface area contributed by atoms with Crippen LogP contribution in [-0.4, -0.2) is 84.4 Å². The van der Waals surface area contributed by atoms with Gasteiger partial charge in [-0.3, -0.25) is 25.0 Å². The Morgan fingerprint density at radius 3 is 2.37 bits per heavy atom. The number of hydrazine groups is 1. The number of piperidine rings is 2. The minimum atomic E-state index is -4.84. The Morgan fingerprint density at radius 2 is 1.74 bits per heavy atom. The number of amides is 4. The fourth-order valence-corrected chi connectivity index (χ4v) is 4.07. The summed E-state index contributed by atoms with van der Waals surface area (Å²) < 4.78 is 34.8. The Hall–Kier alpha value is -1.96. The summed E-state index contributed by atoms with van der Waals surface area (Å²) in [6, 6.07) is -2.25. The van der Waals surface area contributed by atoms with Crippen molar-refractivity contribution >= 4 is 28.2 Å². The van der Waals surface area contributed by atoms with Gasteiger partial charge in [0.1, 0.15) is 6.04 Å². The molecule has 0 saturated carbocycles. The molecule has 0 spiro atoms. The smallest absolute Gasteiger partial charge is 0.309 e. The van der Waals surface area contributed by atoms with Gasteiger partial charge in [0, 0.05) is 12.5 Å². The van der Waals surface area contributed by atoms with Gasteiger partial charge < -0.3 is 9.80 Å². The molecule has 4 amide bonds. The molecule has 3 fully saturated rings. The van der Waals surface area contributed by atoms with Gasteiger partial charge in [0.15, 0.2) is 0 Å². The first-order valence-corrected chi connectivity index (χ1v) is 10.1. The van der Waals surface area contributed by atoms with Crippen LogP contribution in [0.3, 0.4) is 0 Å². The van der Waals surface area contributed by atoms with E-state index in [1.54, 1.807) is 0 Å². The second kappa shape index (κ2) is 7.58. The van der Waals surface area contributed by atoms with Crippen LogP contribution in [0, 0.1) is 5.92 Å². The molecule has 0 radical (unpaired) electrons. The summed E-state index contributed by atoms with van der Waals surface area (Å²) in [7, 11) is -2.86. The molecule has 0 unspecified atom stereocenters. The summed E-state index contributed by atoms with van der Waals surface area (Å²) in [6.07, 6.45) is 2.00. The third kappa shape index (κ3) is 4.48. The van der Waals surface area contributed by atoms with E-state index in [9.17, 15) is 22.8 Å². The molecule has 3 aliphatic rings. The molecule has 0 aromatic heterocycles. The third-order valence-corrected chi connectivity index (χ3v) is 5.55. The highest BCUT2D eigenvalue weighted by Crippen LogP contribution is 2.30. The van der Waals surface area contributed by atoms with Crippen molar-refractivity contribution in [2.45, 2.75) is 37.8 Å². The molecule has 0 aliphatic carbocycles. The molecule has 3 aliphatic heterocycles. The number of fused-ring (bicyclic) bond motifs is 2. The zero-order valence-electron chi connectivity index (χ0n) is 14.8. The lowest BCUT2D eigenvalue weighted by atomic mass is 9.96. The van der Waals surface area contributed by atoms with Gasteiger partial charge in [-0.25, -0.2) is 4.79 Å². The molecule has 3 saturated heterocycles. The second-order valence-corrected chi connectivity index (χ2v) is 8.07. The summed E-state index contributed by atoms with van der Waals surface area (Å²) in [6.45, 7) is 1.71. The van der Waals surface area contributed by atoms with Gasteiger partial charge in [0.2, 0.25) is 5.91 Å². The normalized spacial score (nSPS) is 27.0. The van der Waals surface area contributed by atoms with E-state index < -0.39 is 34.4 Å². The molecule has 3 heterocycles. The number of hydrogen-bond donors (Lipinski definition) is 3. The van der Waals surface area contributed by atoms with Crippen molar-refractivity contribution in [1.29, 1.82) is 0 Å². The zero-order valence-corrected chi connectivity index (χ0v) is 15.6. The topological polar surface area (TPSA) is 149 Å². The van der Waals surface area contributed by atoms with Gasteiger partial charge >= 0.3 is 16.4 Å². The molecule has 3 rings (SSSR count). The van der Waals surface area contributed by atoms with E-state index in [1.807, 2.05) is 7.05 Å². The Morgan fingerprint density at radius 1 is 1.11 bits per heavy atom. The largest absolute Gasteiger partial charge is 0.418 e. The molecule has 27 heavy (non-hydrogen) atoms. The number of carbonyl (C=O) groups excluding carboxylic acids is 3. The fourth-order valence-electron chi connectivity index (χ4n) is 3.68. The van der Waals surface area contributed by atoms with Crippen LogP contribution in [0.5, 0.6) is 0 Å². The number of hydroxylamine groups is 2. The van der Waals surface area contributed by atoms with E-state index in [-0.39, 0.29) is 24.8 Å². The highest BCUT2D eigenvalue weighted by molar-refractivity contribution is 7.80. The summed E-state index contributed by atoms with van der Waals surface area (Å²) in [4.78, 5) is 40.1. The monoisotopic (exact) mass is 405 g/mol. The Bertz CT molecular complexity index is 721. The minimum Gasteiger partial charge on any atom is -0.309 e. The van der Waals surface area contributed by atoms with Crippen molar-refractivity contribution in [3.63, 3.8) is 0 Å². The van der Waals surface area contributed by atoms with Crippen LogP contribution in [0.1, 0.15) is 25.7 Å². The number of hydrogen-bond acceptors (Lipinski definition) is 7. The highest BCUT2D eigenvalue weighted by Gasteiger charge is 2.49. The standard InChI is InChI=1S/C14H23N5O7S/c1-17-6-4-9(5-7-17)12(20)15-16-13(21)11-3-2-10-8-18(11)14(22)19(10)26-27(23,24)25/h9-11H,2-8H2,1H3,(H,15,20)(H,16,21)(H,23,24,25)/t10-,11+/m0/s1. The van der Waals surface area contributed by atoms with Gasteiger partial charge in [0.05, 0.1) is 6.04 Å². The van der Waals surface area contributed by atoms with E-state index in [1.165, 1.54) is 0 Å². The van der Waals surface area contributed by atoms with E-state index in [4.69, 9.17) is 4.55 Å². The van der Waals surface area contributed by atoms with Crippen molar-refractivity contribution < 1.29 is 31.6 Å². The Labute approximate surface area is 156 Å². The number of nitrogens with one attached hydrogen (secondary N) is 2. The van der Waals surface area contributed by atoms with Crippen LogP contribution in [0.4, 0.5) is 4.79 Å². The van der Waals surface area contributed by atoms with E-state index in [2.05, 4.69) is 20.0 Å². The predicted molar refractivity (Wildman–Crippen MR) is 89.9 cm³/mol. The first-order valence-electron chi connectivity index (χ1n) is 8.71. The van der Waals surface area contributed by atoms with Crippen LogP contribution >= 0.6 is 0 Å². The quantitative estimate of drug-likeness (QED) is 0.377. The summed E-state index contributed by atoms with van der Waals surface area (Å²) in [5, 5.41) is 0.569. The van der Waals surface area contributed by atoms with Crippen LogP contribution in [0.15, 0.2) is 0 Å². The molecular weight excluding hydrogens is 382 g/mol. The summed E-state index contributed by atoms with van der Waals surface area (Å²) in [5.41, 5.74) is 4.77. The van der Waals surface area contributed by atoms with Crippen LogP contribution in [0.2, 0.25) is 0 Å². The Balaban J connectivity index is 1.54. The molecule has 12 nitrogen and oxygen atoms in total. The lowest BCUT2D eigenvalue weighted by molar-refractivity contribution is -0.134. The maximum absolute atomic E-state index is 12.4. The first kappa shape index (κ1) is 19.8. The number of carbonyl (C=O) groups is 3. The zero-order chi connectivity index (χ0) is 19.8. The van der Waals surface area contributed by atoms with E-state index in [0.29, 0.717) is 24.3 Å². The molecule has 0 aromatic carbocycles. The average Bonchev–Trinajstić information content (AvgIpc) is 2.83. The summed E-state index contributed by atoms with van der Waals surface area (Å²) in [5.74, 6) is -1.00. The molecule has 2 atom stereocenters. The number of urea groups is 1. The van der Waals surface area contributed by atoms with Crippen molar-refractivity contribution in [3.8, 4) is 0 Å². The molecule has 13 heteroatoms. The lowest BCUT2D eigenvalue weighted by Gasteiger charge is -2.30. The predicted octanol–water partition coefficient (Wildman–Crippen LogP) is -1.52. The lowest BCUT2D eigenvalue weighted by Crippen LogP contribution is -2.55. The van der Waals surface area contributed by atoms with Gasteiger partial charge in [-0.15, -0.1) is 4.28 Å². The Kier molecular flexibility index (Phi) is 5.55. The number of nitrogens with zero attached hydrogens (tertiary/aromatic N) is 3. The molecule has 152 valence electrons. The second-order valence-electron chi connectivity index (χ2n) is 7.07. The third-order valence-electron chi connectivity index (χ3n) is 5.20. The van der Waals surface area contributed by atoms with Gasteiger partial charge in [-0.2, -0.15) is 13.5 Å². The van der Waals surface area contributed by atoms with Crippen LogP contribution in [0.25, 0.3) is 0 Å². The molecular formula is C14H23N5O7S. The summed E-state index contributed by atoms with van der Waals surface area (Å²) >= 11 is 0. The number of rotatable bonds is 4. The minimum absolute atomic E-state index is 0.0926. The number of likely N-dealkylation sites (tertiary alicyclic amines) is 1. The maximum atomic E-state index is 12.4. The van der Waals surface area contributed by atoms with Crippen molar-refractivity contribution in [1.82, 2.24) is 25.7 Å². The van der Waals surface area contributed by atoms with Crippen molar-refractivity contribution in [2.75, 3.05) is 26.7 Å². The molecule has 0 aromatic rings. The van der Waals surface area contributed by atoms with Gasteiger partial charge in [0.25, 0.3) is 5.91 Å². The molecule has 3 N–H and O–H groups in total.